The lowest BCUT2D eigenvalue weighted by molar-refractivity contribution is 0.124. The van der Waals surface area contributed by atoms with Crippen LogP contribution in [0.4, 0.5) is 10.2 Å². The van der Waals surface area contributed by atoms with Gasteiger partial charge in [-0.3, -0.25) is 4.90 Å². The average Bonchev–Trinajstić information content (AvgIpc) is 2.67. The van der Waals surface area contributed by atoms with E-state index in [0.717, 1.165) is 27.8 Å². The first kappa shape index (κ1) is 12.3. The zero-order valence-electron chi connectivity index (χ0n) is 11.9. The van der Waals surface area contributed by atoms with E-state index in [2.05, 4.69) is 0 Å². The summed E-state index contributed by atoms with van der Waals surface area (Å²) in [6.45, 7) is 3.72. The van der Waals surface area contributed by atoms with Crippen molar-refractivity contribution < 1.29 is 9.22 Å². The highest BCUT2D eigenvalue weighted by atomic mass is 19.2. The first-order chi connectivity index (χ1) is 10.2. The zero-order valence-corrected chi connectivity index (χ0v) is 11.9. The van der Waals surface area contributed by atoms with E-state index in [4.69, 9.17) is 4.74 Å². The van der Waals surface area contributed by atoms with Crippen LogP contribution in [0.5, 0.6) is 5.75 Å². The molecule has 106 valence electrons. The maximum Gasteiger partial charge on any atom is 0.155 e. The fourth-order valence-corrected chi connectivity index (χ4v) is 2.94. The summed E-state index contributed by atoms with van der Waals surface area (Å²) in [5.74, 6) is 2.01. The first-order valence-corrected chi connectivity index (χ1v) is 6.99. The Hall–Kier alpha value is -2.49. The molecule has 2 aliphatic heterocycles. The van der Waals surface area contributed by atoms with Crippen LogP contribution in [-0.2, 0) is 0 Å². The van der Waals surface area contributed by atoms with Gasteiger partial charge in [-0.2, -0.15) is 5.12 Å². The number of benzene rings is 1. The molecule has 0 aromatic heterocycles. The molecule has 4 rings (SSSR count). The minimum atomic E-state index is 0.547. The molecule has 3 aliphatic rings. The van der Waals surface area contributed by atoms with Gasteiger partial charge in [0.2, 0.25) is 0 Å². The van der Waals surface area contributed by atoms with Crippen molar-refractivity contribution in [3.05, 3.63) is 71.0 Å². The van der Waals surface area contributed by atoms with Crippen molar-refractivity contribution in [2.75, 3.05) is 4.90 Å². The minimum Gasteiger partial charge on any atom is -0.455 e. The lowest BCUT2D eigenvalue weighted by atomic mass is 10.1. The quantitative estimate of drug-likeness (QED) is 0.656. The molecule has 1 aliphatic carbocycles. The van der Waals surface area contributed by atoms with Crippen LogP contribution in [0, 0.1) is 0 Å². The standard InChI is InChI=1S/C17H15FN2O/c1-11-12(2)20(18)17-13-7-3-5-9-15(13)21-16-10-6-4-8-14(16)19(11)17/h3-6,8-10H,7H2,1-2H3. The predicted octanol–water partition coefficient (Wildman–Crippen LogP) is 4.39. The number of allylic oxidation sites excluding steroid dienone is 6. The summed E-state index contributed by atoms with van der Waals surface area (Å²) in [5, 5.41) is 0.767. The second-order valence-corrected chi connectivity index (χ2v) is 5.32. The number of fused-ring (bicyclic) bond motifs is 4. The van der Waals surface area contributed by atoms with E-state index in [0.29, 0.717) is 23.7 Å². The molecule has 1 aromatic rings. The summed E-state index contributed by atoms with van der Waals surface area (Å²) in [6.07, 6.45) is 6.51. The number of nitrogens with zero attached hydrogens (tertiary/aromatic N) is 2. The van der Waals surface area contributed by atoms with Crippen molar-refractivity contribution in [1.29, 1.82) is 0 Å². The van der Waals surface area contributed by atoms with Gasteiger partial charge in [-0.15, -0.1) is 0 Å². The van der Waals surface area contributed by atoms with E-state index in [-0.39, 0.29) is 0 Å². The Morgan fingerprint density at radius 3 is 2.81 bits per heavy atom. The molecule has 0 spiro atoms. The molecule has 0 fully saturated rings. The normalized spacial score (nSPS) is 19.9. The second kappa shape index (κ2) is 4.25. The van der Waals surface area contributed by atoms with Crippen LogP contribution >= 0.6 is 0 Å². The Bertz CT molecular complexity index is 758. The number of para-hydroxylation sites is 2. The van der Waals surface area contributed by atoms with Crippen molar-refractivity contribution in [3.8, 4) is 5.75 Å². The highest BCUT2D eigenvalue weighted by Gasteiger charge is 2.38. The van der Waals surface area contributed by atoms with Crippen LogP contribution in [0.15, 0.2) is 71.0 Å². The SMILES string of the molecule is CC1=C(C)N2C(=C3CC=CC=C3Oc3ccccc32)N1F. The molecule has 1 aromatic carbocycles. The Morgan fingerprint density at radius 2 is 1.95 bits per heavy atom. The van der Waals surface area contributed by atoms with Gasteiger partial charge in [0.05, 0.1) is 11.4 Å². The van der Waals surface area contributed by atoms with Crippen LogP contribution < -0.4 is 9.64 Å². The summed E-state index contributed by atoms with van der Waals surface area (Å²) >= 11 is 0. The van der Waals surface area contributed by atoms with E-state index in [9.17, 15) is 4.48 Å². The molecule has 21 heavy (non-hydrogen) atoms. The van der Waals surface area contributed by atoms with Gasteiger partial charge in [0, 0.05) is 11.3 Å². The molecule has 0 saturated heterocycles. The lowest BCUT2D eigenvalue weighted by Crippen LogP contribution is -2.22. The van der Waals surface area contributed by atoms with Gasteiger partial charge in [-0.05, 0) is 38.5 Å². The second-order valence-electron chi connectivity index (χ2n) is 5.32. The zero-order chi connectivity index (χ0) is 14.6. The summed E-state index contributed by atoms with van der Waals surface area (Å²) in [5.41, 5.74) is 3.23. The third kappa shape index (κ3) is 1.59. The summed E-state index contributed by atoms with van der Waals surface area (Å²) in [4.78, 5) is 1.94. The van der Waals surface area contributed by atoms with E-state index in [1.807, 2.05) is 54.3 Å². The summed E-state index contributed by atoms with van der Waals surface area (Å²) < 4.78 is 20.7. The van der Waals surface area contributed by atoms with Gasteiger partial charge in [-0.25, -0.2) is 0 Å². The Labute approximate surface area is 122 Å². The first-order valence-electron chi connectivity index (χ1n) is 6.99. The van der Waals surface area contributed by atoms with Crippen molar-refractivity contribution in [2.24, 2.45) is 0 Å². The van der Waals surface area contributed by atoms with Crippen molar-refractivity contribution in [1.82, 2.24) is 5.12 Å². The fourth-order valence-electron chi connectivity index (χ4n) is 2.94. The minimum absolute atomic E-state index is 0.547. The molecule has 3 nitrogen and oxygen atoms in total. The maximum absolute atomic E-state index is 14.7. The van der Waals surface area contributed by atoms with Crippen LogP contribution in [0.1, 0.15) is 20.3 Å². The van der Waals surface area contributed by atoms with Gasteiger partial charge in [-0.1, -0.05) is 28.8 Å². The molecule has 0 atom stereocenters. The van der Waals surface area contributed by atoms with Crippen molar-refractivity contribution in [2.45, 2.75) is 20.3 Å². The number of hydrogen-bond acceptors (Lipinski definition) is 3. The van der Waals surface area contributed by atoms with Crippen LogP contribution in [-0.4, -0.2) is 5.12 Å². The number of rotatable bonds is 0. The molecule has 0 unspecified atom stereocenters. The van der Waals surface area contributed by atoms with E-state index >= 15 is 0 Å². The van der Waals surface area contributed by atoms with Gasteiger partial charge in [0.15, 0.2) is 11.6 Å². The monoisotopic (exact) mass is 282 g/mol. The average molecular weight is 282 g/mol. The molecule has 0 saturated carbocycles. The number of hydrogen-bond donors (Lipinski definition) is 0. The van der Waals surface area contributed by atoms with Gasteiger partial charge in [0.25, 0.3) is 0 Å². The maximum atomic E-state index is 14.7. The molecule has 0 bridgehead atoms. The van der Waals surface area contributed by atoms with Crippen molar-refractivity contribution >= 4 is 5.69 Å². The van der Waals surface area contributed by atoms with Crippen molar-refractivity contribution in [3.63, 3.8) is 0 Å². The van der Waals surface area contributed by atoms with E-state index in [1.54, 1.807) is 6.92 Å². The molecule has 0 amide bonds. The Balaban J connectivity index is 2.03. The molecule has 0 radical (unpaired) electrons. The summed E-state index contributed by atoms with van der Waals surface area (Å²) in [6, 6.07) is 7.74. The highest BCUT2D eigenvalue weighted by molar-refractivity contribution is 5.71. The van der Waals surface area contributed by atoms with E-state index < -0.39 is 0 Å². The summed E-state index contributed by atoms with van der Waals surface area (Å²) in [7, 11) is 0. The predicted molar refractivity (Wildman–Crippen MR) is 79.7 cm³/mol. The molecule has 4 heteroatoms. The molecular formula is C17H15FN2O. The number of halogens is 1. The third-order valence-electron chi connectivity index (χ3n) is 4.15. The molecule has 2 heterocycles. The largest absolute Gasteiger partial charge is 0.455 e. The van der Waals surface area contributed by atoms with Crippen LogP contribution in [0.25, 0.3) is 0 Å². The lowest BCUT2D eigenvalue weighted by Gasteiger charge is -2.23. The van der Waals surface area contributed by atoms with Crippen LogP contribution in [0.3, 0.4) is 0 Å². The molecular weight excluding hydrogens is 267 g/mol. The molecule has 0 N–H and O–H groups in total. The smallest absolute Gasteiger partial charge is 0.155 e. The number of anilines is 1. The van der Waals surface area contributed by atoms with Gasteiger partial charge in [0.1, 0.15) is 5.76 Å². The topological polar surface area (TPSA) is 15.7 Å². The van der Waals surface area contributed by atoms with Gasteiger partial charge >= 0.3 is 0 Å². The Morgan fingerprint density at radius 1 is 1.14 bits per heavy atom. The van der Waals surface area contributed by atoms with E-state index in [1.165, 1.54) is 0 Å². The fraction of sp³-hybridized carbons (Fsp3) is 0.176. The highest BCUT2D eigenvalue weighted by Crippen LogP contribution is 2.47. The van der Waals surface area contributed by atoms with Gasteiger partial charge < -0.3 is 4.74 Å². The number of ether oxygens (including phenoxy) is 1. The van der Waals surface area contributed by atoms with Crippen LogP contribution in [0.2, 0.25) is 0 Å². The third-order valence-corrected chi connectivity index (χ3v) is 4.15. The Kier molecular flexibility index (Phi) is 2.48.